The molecule has 1 aromatic carbocycles. The Hall–Kier alpha value is -2.60. The highest BCUT2D eigenvalue weighted by Gasteiger charge is 2.44. The molecule has 3 aromatic rings. The Kier molecular flexibility index (Phi) is 2.22. The largest absolute Gasteiger partial charge is 0.241 e. The minimum Gasteiger partial charge on any atom is -0.241 e. The van der Waals surface area contributed by atoms with Gasteiger partial charge in [0.2, 0.25) is 0 Å². The van der Waals surface area contributed by atoms with Gasteiger partial charge >= 0.3 is 0 Å². The van der Waals surface area contributed by atoms with Gasteiger partial charge in [0.05, 0.1) is 17.0 Å². The van der Waals surface area contributed by atoms with Crippen LogP contribution in [0.4, 0.5) is 0 Å². The van der Waals surface area contributed by atoms with E-state index in [1.807, 2.05) is 16.8 Å². The van der Waals surface area contributed by atoms with Crippen LogP contribution in [0, 0.1) is 11.3 Å². The molecule has 4 rings (SSSR count). The molecule has 0 radical (unpaired) electrons. The summed E-state index contributed by atoms with van der Waals surface area (Å²) in [6.07, 6.45) is 5.75. The quantitative estimate of drug-likeness (QED) is 0.706. The lowest BCUT2D eigenvalue weighted by atomic mass is 9.95. The summed E-state index contributed by atoms with van der Waals surface area (Å²) in [7, 11) is 0. The van der Waals surface area contributed by atoms with Gasteiger partial charge in [0.15, 0.2) is 0 Å². The predicted molar refractivity (Wildman–Crippen MR) is 77.2 cm³/mol. The Morgan fingerprint density at radius 1 is 1.05 bits per heavy atom. The van der Waals surface area contributed by atoms with Crippen molar-refractivity contribution in [3.63, 3.8) is 0 Å². The van der Waals surface area contributed by atoms with Crippen LogP contribution in [0.1, 0.15) is 18.4 Å². The van der Waals surface area contributed by atoms with E-state index in [1.54, 1.807) is 6.20 Å². The van der Waals surface area contributed by atoms with Crippen LogP contribution < -0.4 is 0 Å². The van der Waals surface area contributed by atoms with Gasteiger partial charge in [0.1, 0.15) is 0 Å². The zero-order valence-corrected chi connectivity index (χ0v) is 11.0. The van der Waals surface area contributed by atoms with E-state index in [2.05, 4.69) is 47.6 Å². The van der Waals surface area contributed by atoms with Crippen LogP contribution in [0.2, 0.25) is 0 Å². The van der Waals surface area contributed by atoms with Gasteiger partial charge in [-0.05, 0) is 47.7 Å². The lowest BCUT2D eigenvalue weighted by Gasteiger charge is -2.08. The van der Waals surface area contributed by atoms with Crippen molar-refractivity contribution in [1.29, 1.82) is 5.26 Å². The summed E-state index contributed by atoms with van der Waals surface area (Å²) in [6.45, 7) is 0. The van der Waals surface area contributed by atoms with E-state index in [0.717, 1.165) is 23.9 Å². The Bertz CT molecular complexity index is 817. The number of nitriles is 1. The molecule has 3 heteroatoms. The van der Waals surface area contributed by atoms with Crippen LogP contribution >= 0.6 is 0 Å². The highest BCUT2D eigenvalue weighted by atomic mass is 15.2. The summed E-state index contributed by atoms with van der Waals surface area (Å²) in [4.78, 5) is 0. The van der Waals surface area contributed by atoms with Gasteiger partial charge in [-0.2, -0.15) is 10.4 Å². The maximum Gasteiger partial charge on any atom is 0.0823 e. The van der Waals surface area contributed by atoms with Crippen LogP contribution in [-0.2, 0) is 5.41 Å². The molecule has 0 bridgehead atoms. The number of fused-ring (bicyclic) bond motifs is 1. The van der Waals surface area contributed by atoms with Gasteiger partial charge in [0, 0.05) is 12.4 Å². The molecule has 1 aliphatic carbocycles. The second-order valence-corrected chi connectivity index (χ2v) is 5.39. The third-order valence-corrected chi connectivity index (χ3v) is 4.13. The lowest BCUT2D eigenvalue weighted by Crippen LogP contribution is -2.01. The maximum atomic E-state index is 9.23. The molecular formula is C17H13N3. The van der Waals surface area contributed by atoms with Crippen molar-refractivity contribution in [2.45, 2.75) is 18.3 Å². The van der Waals surface area contributed by atoms with Crippen LogP contribution in [0.3, 0.4) is 0 Å². The van der Waals surface area contributed by atoms with E-state index < -0.39 is 0 Å². The van der Waals surface area contributed by atoms with E-state index in [-0.39, 0.29) is 5.41 Å². The van der Waals surface area contributed by atoms with E-state index in [1.165, 1.54) is 11.1 Å². The zero-order chi connectivity index (χ0) is 13.6. The predicted octanol–water partition coefficient (Wildman–Crippen LogP) is 3.56. The van der Waals surface area contributed by atoms with Gasteiger partial charge in [-0.15, -0.1) is 0 Å². The molecule has 0 atom stereocenters. The third-order valence-electron chi connectivity index (χ3n) is 4.13. The Balaban J connectivity index is 1.73. The SMILES string of the molecule is N#CC1(c2ccc(-c3ccn4nccc4c3)cc2)CC1. The summed E-state index contributed by atoms with van der Waals surface area (Å²) in [5.41, 5.74) is 4.38. The molecule has 0 aliphatic heterocycles. The van der Waals surface area contributed by atoms with Gasteiger partial charge < -0.3 is 0 Å². The normalized spacial score (nSPS) is 15.9. The number of hydrogen-bond acceptors (Lipinski definition) is 2. The number of nitrogens with zero attached hydrogens (tertiary/aromatic N) is 3. The summed E-state index contributed by atoms with van der Waals surface area (Å²) in [6, 6.07) is 17.0. The fraction of sp³-hybridized carbons (Fsp3) is 0.176. The maximum absolute atomic E-state index is 9.23. The monoisotopic (exact) mass is 259 g/mol. The first-order valence-electron chi connectivity index (χ1n) is 6.76. The number of rotatable bonds is 2. The van der Waals surface area contributed by atoms with Gasteiger partial charge in [-0.25, -0.2) is 4.52 Å². The number of benzene rings is 1. The fourth-order valence-corrected chi connectivity index (χ4v) is 2.67. The first-order valence-corrected chi connectivity index (χ1v) is 6.76. The van der Waals surface area contributed by atoms with Crippen molar-refractivity contribution in [2.24, 2.45) is 0 Å². The standard InChI is InChI=1S/C17H13N3/c18-12-17(7-8-17)15-3-1-13(2-4-15)14-6-10-20-16(11-14)5-9-19-20/h1-6,9-11H,7-8H2. The van der Waals surface area contributed by atoms with E-state index >= 15 is 0 Å². The highest BCUT2D eigenvalue weighted by molar-refractivity contribution is 5.69. The Morgan fingerprint density at radius 2 is 1.85 bits per heavy atom. The molecule has 1 saturated carbocycles. The molecule has 96 valence electrons. The molecule has 0 saturated heterocycles. The van der Waals surface area contributed by atoms with Crippen molar-refractivity contribution >= 4 is 5.52 Å². The van der Waals surface area contributed by atoms with E-state index in [9.17, 15) is 5.26 Å². The highest BCUT2D eigenvalue weighted by Crippen LogP contribution is 2.47. The minimum atomic E-state index is -0.200. The average molecular weight is 259 g/mol. The molecular weight excluding hydrogens is 246 g/mol. The summed E-state index contributed by atoms with van der Waals surface area (Å²) >= 11 is 0. The number of pyridine rings is 1. The number of aromatic nitrogens is 2. The van der Waals surface area contributed by atoms with Crippen molar-refractivity contribution in [2.75, 3.05) is 0 Å². The minimum absolute atomic E-state index is 0.200. The first kappa shape index (κ1) is 11.2. The van der Waals surface area contributed by atoms with E-state index in [0.29, 0.717) is 0 Å². The molecule has 1 fully saturated rings. The second kappa shape index (κ2) is 3.94. The van der Waals surface area contributed by atoms with Crippen molar-refractivity contribution in [1.82, 2.24) is 9.61 Å². The first-order chi connectivity index (χ1) is 9.81. The molecule has 0 N–H and O–H groups in total. The van der Waals surface area contributed by atoms with E-state index in [4.69, 9.17) is 0 Å². The molecule has 0 spiro atoms. The van der Waals surface area contributed by atoms with Crippen LogP contribution in [-0.4, -0.2) is 9.61 Å². The van der Waals surface area contributed by atoms with Gasteiger partial charge in [0.25, 0.3) is 0 Å². The van der Waals surface area contributed by atoms with Gasteiger partial charge in [-0.3, -0.25) is 0 Å². The van der Waals surface area contributed by atoms with Crippen molar-refractivity contribution in [3.8, 4) is 17.2 Å². The Labute approximate surface area is 117 Å². The Morgan fingerprint density at radius 3 is 2.55 bits per heavy atom. The summed E-state index contributed by atoms with van der Waals surface area (Å²) in [5, 5.41) is 13.4. The topological polar surface area (TPSA) is 41.1 Å². The molecule has 1 aliphatic rings. The zero-order valence-electron chi connectivity index (χ0n) is 11.0. The molecule has 3 nitrogen and oxygen atoms in total. The molecule has 20 heavy (non-hydrogen) atoms. The molecule has 0 amide bonds. The van der Waals surface area contributed by atoms with Gasteiger partial charge in [-0.1, -0.05) is 24.3 Å². The smallest absolute Gasteiger partial charge is 0.0823 e. The lowest BCUT2D eigenvalue weighted by molar-refractivity contribution is 0.909. The molecule has 2 heterocycles. The summed E-state index contributed by atoms with van der Waals surface area (Å²) in [5.74, 6) is 0. The van der Waals surface area contributed by atoms with Crippen molar-refractivity contribution in [3.05, 3.63) is 60.4 Å². The van der Waals surface area contributed by atoms with Crippen molar-refractivity contribution < 1.29 is 0 Å². The molecule has 0 unspecified atom stereocenters. The van der Waals surface area contributed by atoms with Crippen LogP contribution in [0.5, 0.6) is 0 Å². The van der Waals surface area contributed by atoms with Crippen LogP contribution in [0.15, 0.2) is 54.9 Å². The third kappa shape index (κ3) is 1.62. The average Bonchev–Trinajstić information content (AvgIpc) is 3.17. The number of hydrogen-bond donors (Lipinski definition) is 0. The second-order valence-electron chi connectivity index (χ2n) is 5.39. The molecule has 2 aromatic heterocycles. The van der Waals surface area contributed by atoms with Crippen LogP contribution in [0.25, 0.3) is 16.6 Å². The fourth-order valence-electron chi connectivity index (χ4n) is 2.67. The summed E-state index contributed by atoms with van der Waals surface area (Å²) < 4.78 is 1.85.